The molecule has 1 heterocycles. The topological polar surface area (TPSA) is 47.6 Å². The molecule has 1 aliphatic heterocycles. The number of anilines is 1. The SMILES string of the molecule is CCOc1ccc(NC(=O)C2(c3ccc(F)cc3)CCOCC2)c2ccccc12. The molecular formula is C24H24FNO3. The molecule has 0 aromatic heterocycles. The zero-order chi connectivity index (χ0) is 20.3. The van der Waals surface area contributed by atoms with E-state index in [0.29, 0.717) is 32.7 Å². The van der Waals surface area contributed by atoms with Gasteiger partial charge in [-0.05, 0) is 49.6 Å². The van der Waals surface area contributed by atoms with Crippen molar-refractivity contribution in [3.63, 3.8) is 0 Å². The lowest BCUT2D eigenvalue weighted by molar-refractivity contribution is -0.125. The third-order valence-electron chi connectivity index (χ3n) is 5.61. The van der Waals surface area contributed by atoms with Gasteiger partial charge in [-0.25, -0.2) is 4.39 Å². The number of benzene rings is 3. The zero-order valence-electron chi connectivity index (χ0n) is 16.4. The number of hydrogen-bond acceptors (Lipinski definition) is 3. The van der Waals surface area contributed by atoms with Crippen LogP contribution in [0.1, 0.15) is 25.3 Å². The maximum absolute atomic E-state index is 13.5. The first kappa shape index (κ1) is 19.4. The normalized spacial score (nSPS) is 15.8. The van der Waals surface area contributed by atoms with Gasteiger partial charge in [0.1, 0.15) is 11.6 Å². The van der Waals surface area contributed by atoms with E-state index in [1.165, 1.54) is 12.1 Å². The Labute approximate surface area is 169 Å². The molecule has 1 aliphatic rings. The van der Waals surface area contributed by atoms with Gasteiger partial charge in [0.05, 0.1) is 12.0 Å². The average Bonchev–Trinajstić information content (AvgIpc) is 2.76. The molecule has 1 amide bonds. The number of amides is 1. The third-order valence-corrected chi connectivity index (χ3v) is 5.61. The summed E-state index contributed by atoms with van der Waals surface area (Å²) in [5.74, 6) is 0.385. The molecular weight excluding hydrogens is 369 g/mol. The fourth-order valence-corrected chi connectivity index (χ4v) is 4.04. The predicted octanol–water partition coefficient (Wildman–Crippen LogP) is 5.06. The van der Waals surface area contributed by atoms with E-state index >= 15 is 0 Å². The summed E-state index contributed by atoms with van der Waals surface area (Å²) >= 11 is 0. The largest absolute Gasteiger partial charge is 0.493 e. The van der Waals surface area contributed by atoms with Crippen molar-refractivity contribution < 1.29 is 18.7 Å². The van der Waals surface area contributed by atoms with Crippen LogP contribution in [0, 0.1) is 5.82 Å². The lowest BCUT2D eigenvalue weighted by Gasteiger charge is -2.36. The predicted molar refractivity (Wildman–Crippen MR) is 112 cm³/mol. The number of halogens is 1. The molecule has 0 spiro atoms. The number of ether oxygens (including phenoxy) is 2. The Bertz CT molecular complexity index is 1010. The Hall–Kier alpha value is -2.92. The molecule has 1 N–H and O–H groups in total. The van der Waals surface area contributed by atoms with Crippen LogP contribution in [0.5, 0.6) is 5.75 Å². The first-order valence-corrected chi connectivity index (χ1v) is 9.94. The van der Waals surface area contributed by atoms with Gasteiger partial charge in [-0.2, -0.15) is 0 Å². The van der Waals surface area contributed by atoms with E-state index in [9.17, 15) is 9.18 Å². The van der Waals surface area contributed by atoms with Crippen LogP contribution >= 0.6 is 0 Å². The van der Waals surface area contributed by atoms with Gasteiger partial charge in [-0.3, -0.25) is 4.79 Å². The van der Waals surface area contributed by atoms with Gasteiger partial charge in [-0.15, -0.1) is 0 Å². The van der Waals surface area contributed by atoms with Gasteiger partial charge in [0.15, 0.2) is 0 Å². The smallest absolute Gasteiger partial charge is 0.235 e. The van der Waals surface area contributed by atoms with Crippen LogP contribution in [0.2, 0.25) is 0 Å². The van der Waals surface area contributed by atoms with E-state index in [0.717, 1.165) is 27.8 Å². The monoisotopic (exact) mass is 393 g/mol. The second-order valence-corrected chi connectivity index (χ2v) is 7.25. The summed E-state index contributed by atoms with van der Waals surface area (Å²) in [6.45, 7) is 3.51. The van der Waals surface area contributed by atoms with Crippen molar-refractivity contribution in [2.24, 2.45) is 0 Å². The third kappa shape index (κ3) is 3.70. The van der Waals surface area contributed by atoms with Crippen LogP contribution in [0.3, 0.4) is 0 Å². The molecule has 0 atom stereocenters. The van der Waals surface area contributed by atoms with Gasteiger partial charge in [0.25, 0.3) is 0 Å². The standard InChI is InChI=1S/C24H24FNO3/c1-2-29-22-12-11-21(19-5-3-4-6-20(19)22)26-23(27)24(13-15-28-16-14-24)17-7-9-18(25)10-8-17/h3-12H,2,13-16H2,1H3,(H,26,27). The van der Waals surface area contributed by atoms with Crippen LogP contribution in [0.25, 0.3) is 10.8 Å². The number of carbonyl (C=O) groups is 1. The number of fused-ring (bicyclic) bond motifs is 1. The fourth-order valence-electron chi connectivity index (χ4n) is 4.04. The molecule has 3 aromatic carbocycles. The number of carbonyl (C=O) groups excluding carboxylic acids is 1. The summed E-state index contributed by atoms with van der Waals surface area (Å²) in [7, 11) is 0. The quantitative estimate of drug-likeness (QED) is 0.659. The summed E-state index contributed by atoms with van der Waals surface area (Å²) in [6.07, 6.45) is 1.11. The Morgan fingerprint density at radius 2 is 1.72 bits per heavy atom. The van der Waals surface area contributed by atoms with Crippen LogP contribution in [-0.2, 0) is 14.9 Å². The summed E-state index contributed by atoms with van der Waals surface area (Å²) in [6, 6.07) is 17.8. The second kappa shape index (κ2) is 8.21. The van der Waals surface area contributed by atoms with Crippen molar-refractivity contribution in [2.45, 2.75) is 25.2 Å². The Morgan fingerprint density at radius 1 is 1.03 bits per heavy atom. The van der Waals surface area contributed by atoms with Crippen molar-refractivity contribution >= 4 is 22.4 Å². The van der Waals surface area contributed by atoms with E-state index in [4.69, 9.17) is 9.47 Å². The molecule has 4 rings (SSSR count). The minimum Gasteiger partial charge on any atom is -0.493 e. The number of hydrogen-bond donors (Lipinski definition) is 1. The van der Waals surface area contributed by atoms with Crippen molar-refractivity contribution in [3.05, 3.63) is 72.0 Å². The average molecular weight is 393 g/mol. The van der Waals surface area contributed by atoms with E-state index in [1.54, 1.807) is 12.1 Å². The highest BCUT2D eigenvalue weighted by molar-refractivity contribution is 6.07. The van der Waals surface area contributed by atoms with E-state index in [-0.39, 0.29) is 11.7 Å². The Morgan fingerprint density at radius 3 is 2.41 bits per heavy atom. The van der Waals surface area contributed by atoms with Gasteiger partial charge in [-0.1, -0.05) is 36.4 Å². The summed E-state index contributed by atoms with van der Waals surface area (Å²) < 4.78 is 24.7. The highest BCUT2D eigenvalue weighted by Crippen LogP contribution is 2.38. The van der Waals surface area contributed by atoms with Crippen LogP contribution < -0.4 is 10.1 Å². The molecule has 0 unspecified atom stereocenters. The molecule has 4 nitrogen and oxygen atoms in total. The minimum absolute atomic E-state index is 0.0956. The highest BCUT2D eigenvalue weighted by atomic mass is 19.1. The second-order valence-electron chi connectivity index (χ2n) is 7.25. The van der Waals surface area contributed by atoms with E-state index in [2.05, 4.69) is 5.32 Å². The Balaban J connectivity index is 1.72. The first-order valence-electron chi connectivity index (χ1n) is 9.94. The van der Waals surface area contributed by atoms with Crippen molar-refractivity contribution in [1.29, 1.82) is 0 Å². The first-order chi connectivity index (χ1) is 14.1. The van der Waals surface area contributed by atoms with Crippen LogP contribution in [-0.4, -0.2) is 25.7 Å². The molecule has 0 aliphatic carbocycles. The summed E-state index contributed by atoms with van der Waals surface area (Å²) in [5.41, 5.74) is 0.808. The summed E-state index contributed by atoms with van der Waals surface area (Å²) in [4.78, 5) is 13.5. The minimum atomic E-state index is -0.744. The van der Waals surface area contributed by atoms with Gasteiger partial charge < -0.3 is 14.8 Å². The lowest BCUT2D eigenvalue weighted by Crippen LogP contribution is -2.44. The molecule has 0 saturated carbocycles. The maximum atomic E-state index is 13.5. The van der Waals surface area contributed by atoms with Gasteiger partial charge in [0, 0.05) is 29.7 Å². The molecule has 0 bridgehead atoms. The van der Waals surface area contributed by atoms with Crippen LogP contribution in [0.15, 0.2) is 60.7 Å². The molecule has 1 fully saturated rings. The molecule has 1 saturated heterocycles. The molecule has 0 radical (unpaired) electrons. The van der Waals surface area contributed by atoms with Crippen LogP contribution in [0.4, 0.5) is 10.1 Å². The zero-order valence-corrected chi connectivity index (χ0v) is 16.4. The summed E-state index contributed by atoms with van der Waals surface area (Å²) in [5, 5.41) is 5.01. The number of nitrogens with one attached hydrogen (secondary N) is 1. The maximum Gasteiger partial charge on any atom is 0.235 e. The van der Waals surface area contributed by atoms with Crippen molar-refractivity contribution in [3.8, 4) is 5.75 Å². The molecule has 5 heteroatoms. The van der Waals surface area contributed by atoms with Gasteiger partial charge in [0.2, 0.25) is 5.91 Å². The van der Waals surface area contributed by atoms with Crippen molar-refractivity contribution in [2.75, 3.05) is 25.1 Å². The number of rotatable bonds is 5. The Kier molecular flexibility index (Phi) is 5.49. The molecule has 3 aromatic rings. The van der Waals surface area contributed by atoms with Crippen molar-refractivity contribution in [1.82, 2.24) is 0 Å². The van der Waals surface area contributed by atoms with E-state index in [1.807, 2.05) is 43.3 Å². The molecule has 29 heavy (non-hydrogen) atoms. The van der Waals surface area contributed by atoms with Gasteiger partial charge >= 0.3 is 0 Å². The molecule has 150 valence electrons. The highest BCUT2D eigenvalue weighted by Gasteiger charge is 2.41. The fraction of sp³-hybridized carbons (Fsp3) is 0.292. The van der Waals surface area contributed by atoms with E-state index < -0.39 is 5.41 Å². The lowest BCUT2D eigenvalue weighted by atomic mass is 9.73.